The normalized spacial score (nSPS) is 12.3. The Morgan fingerprint density at radius 3 is 2.67 bits per heavy atom. The number of hydrogen-bond acceptors (Lipinski definition) is 4. The van der Waals surface area contributed by atoms with Crippen LogP contribution in [0.2, 0.25) is 0 Å². The molecule has 0 saturated heterocycles. The lowest BCUT2D eigenvalue weighted by molar-refractivity contribution is 0.0942. The molecule has 24 heavy (non-hydrogen) atoms. The highest BCUT2D eigenvalue weighted by Gasteiger charge is 2.19. The number of imidazole rings is 1. The number of nitrogens with one attached hydrogen (secondary N) is 1. The van der Waals surface area contributed by atoms with Crippen molar-refractivity contribution in [1.29, 1.82) is 0 Å². The van der Waals surface area contributed by atoms with Crippen molar-refractivity contribution < 1.29 is 9.53 Å². The largest absolute Gasteiger partial charge is 0.497 e. The van der Waals surface area contributed by atoms with E-state index in [0.717, 1.165) is 39.0 Å². The molecule has 0 spiro atoms. The highest BCUT2D eigenvalue weighted by atomic mass is 32.1. The Labute approximate surface area is 145 Å². The first-order valence-electron chi connectivity index (χ1n) is 7.97. The molecule has 0 bridgehead atoms. The molecule has 2 aromatic heterocycles. The van der Waals surface area contributed by atoms with Crippen molar-refractivity contribution >= 4 is 22.2 Å². The number of hydrogen-bond donors (Lipinski definition) is 1. The van der Waals surface area contributed by atoms with Gasteiger partial charge in [-0.3, -0.25) is 9.20 Å². The van der Waals surface area contributed by atoms with Gasteiger partial charge in [0.1, 0.15) is 10.6 Å². The van der Waals surface area contributed by atoms with Crippen molar-refractivity contribution in [1.82, 2.24) is 14.7 Å². The number of benzene rings is 1. The van der Waals surface area contributed by atoms with E-state index in [0.29, 0.717) is 0 Å². The van der Waals surface area contributed by atoms with Crippen LogP contribution >= 0.6 is 11.3 Å². The molecule has 126 valence electrons. The number of nitrogens with zero attached hydrogens (tertiary/aromatic N) is 2. The lowest BCUT2D eigenvalue weighted by Gasteiger charge is -2.10. The van der Waals surface area contributed by atoms with E-state index in [1.165, 1.54) is 11.3 Å². The summed E-state index contributed by atoms with van der Waals surface area (Å²) in [5, 5.41) is 3.01. The van der Waals surface area contributed by atoms with Crippen molar-refractivity contribution in [3.05, 3.63) is 41.0 Å². The first kappa shape index (κ1) is 16.5. The number of amides is 1. The summed E-state index contributed by atoms with van der Waals surface area (Å²) in [6.07, 6.45) is 2.89. The predicted octanol–water partition coefficient (Wildman–Crippen LogP) is 3.91. The minimum absolute atomic E-state index is 0.0247. The van der Waals surface area contributed by atoms with E-state index in [1.807, 2.05) is 48.7 Å². The quantitative estimate of drug-likeness (QED) is 0.764. The second-order valence-corrected chi connectivity index (χ2v) is 6.78. The second-order valence-electron chi connectivity index (χ2n) is 5.81. The van der Waals surface area contributed by atoms with Gasteiger partial charge in [0.25, 0.3) is 5.91 Å². The van der Waals surface area contributed by atoms with Gasteiger partial charge in [0, 0.05) is 23.5 Å². The van der Waals surface area contributed by atoms with Gasteiger partial charge in [0.2, 0.25) is 0 Å². The highest BCUT2D eigenvalue weighted by molar-refractivity contribution is 7.19. The molecule has 5 nitrogen and oxygen atoms in total. The average Bonchev–Trinajstić information content (AvgIpc) is 3.14. The summed E-state index contributed by atoms with van der Waals surface area (Å²) in [5.41, 5.74) is 2.83. The Hall–Kier alpha value is -2.34. The van der Waals surface area contributed by atoms with Crippen LogP contribution in [0.15, 0.2) is 30.5 Å². The van der Waals surface area contributed by atoms with E-state index in [-0.39, 0.29) is 11.9 Å². The van der Waals surface area contributed by atoms with Gasteiger partial charge in [-0.15, -0.1) is 0 Å². The van der Waals surface area contributed by atoms with Crippen molar-refractivity contribution in [2.24, 2.45) is 0 Å². The van der Waals surface area contributed by atoms with Crippen LogP contribution in [0.3, 0.4) is 0 Å². The van der Waals surface area contributed by atoms with E-state index in [9.17, 15) is 4.79 Å². The van der Waals surface area contributed by atoms with Gasteiger partial charge < -0.3 is 10.1 Å². The third-order valence-corrected chi connectivity index (χ3v) is 5.29. The molecule has 0 radical (unpaired) electrons. The Morgan fingerprint density at radius 2 is 2.08 bits per heavy atom. The zero-order valence-corrected chi connectivity index (χ0v) is 15.1. The number of rotatable bonds is 5. The van der Waals surface area contributed by atoms with Crippen LogP contribution in [-0.4, -0.2) is 28.4 Å². The van der Waals surface area contributed by atoms with Crippen LogP contribution in [0.25, 0.3) is 16.2 Å². The second kappa shape index (κ2) is 6.65. The number of carbonyl (C=O) groups is 1. The number of fused-ring (bicyclic) bond motifs is 1. The van der Waals surface area contributed by atoms with E-state index in [2.05, 4.69) is 17.2 Å². The zero-order chi connectivity index (χ0) is 17.3. The third-order valence-electron chi connectivity index (χ3n) is 4.14. The van der Waals surface area contributed by atoms with Crippen LogP contribution in [0.4, 0.5) is 0 Å². The maximum atomic E-state index is 12.4. The molecule has 1 atom stereocenters. The fraction of sp³-hybridized carbons (Fsp3) is 0.333. The van der Waals surface area contributed by atoms with Crippen molar-refractivity contribution in [2.45, 2.75) is 33.2 Å². The lowest BCUT2D eigenvalue weighted by Crippen LogP contribution is -2.31. The SMILES string of the molecule is CC[C@@H](C)NC(=O)c1sc2nc(-c3ccc(OC)cc3)cn2c1C. The van der Waals surface area contributed by atoms with E-state index in [1.54, 1.807) is 7.11 Å². The Balaban J connectivity index is 1.91. The molecule has 1 amide bonds. The van der Waals surface area contributed by atoms with Crippen LogP contribution in [0.5, 0.6) is 5.75 Å². The maximum Gasteiger partial charge on any atom is 0.263 e. The Bertz CT molecular complexity index is 864. The average molecular weight is 343 g/mol. The molecule has 0 aliphatic heterocycles. The number of ether oxygens (including phenoxy) is 1. The zero-order valence-electron chi connectivity index (χ0n) is 14.3. The highest BCUT2D eigenvalue weighted by Crippen LogP contribution is 2.28. The molecular weight excluding hydrogens is 322 g/mol. The van der Waals surface area contributed by atoms with Gasteiger partial charge in [0.05, 0.1) is 12.8 Å². The Kier molecular flexibility index (Phi) is 4.57. The molecule has 0 aliphatic carbocycles. The minimum Gasteiger partial charge on any atom is -0.497 e. The smallest absolute Gasteiger partial charge is 0.263 e. The third kappa shape index (κ3) is 3.01. The summed E-state index contributed by atoms with van der Waals surface area (Å²) in [7, 11) is 1.65. The monoisotopic (exact) mass is 343 g/mol. The fourth-order valence-electron chi connectivity index (χ4n) is 2.45. The molecule has 6 heteroatoms. The molecular formula is C18H21N3O2S. The number of aromatic nitrogens is 2. The van der Waals surface area contributed by atoms with Gasteiger partial charge in [-0.1, -0.05) is 18.3 Å². The van der Waals surface area contributed by atoms with Crippen molar-refractivity contribution in [3.8, 4) is 17.0 Å². The van der Waals surface area contributed by atoms with Gasteiger partial charge in [0.15, 0.2) is 4.96 Å². The number of methoxy groups -OCH3 is 1. The van der Waals surface area contributed by atoms with Crippen molar-refractivity contribution in [3.63, 3.8) is 0 Å². The molecule has 0 unspecified atom stereocenters. The summed E-state index contributed by atoms with van der Waals surface area (Å²) < 4.78 is 7.16. The minimum atomic E-state index is -0.0247. The van der Waals surface area contributed by atoms with E-state index >= 15 is 0 Å². The lowest BCUT2D eigenvalue weighted by atomic mass is 10.2. The summed E-state index contributed by atoms with van der Waals surface area (Å²) >= 11 is 1.42. The summed E-state index contributed by atoms with van der Waals surface area (Å²) in [4.78, 5) is 18.6. The first-order chi connectivity index (χ1) is 11.5. The maximum absolute atomic E-state index is 12.4. The Morgan fingerprint density at radius 1 is 1.38 bits per heavy atom. The summed E-state index contributed by atoms with van der Waals surface area (Å²) in [6, 6.07) is 7.97. The molecule has 2 heterocycles. The van der Waals surface area contributed by atoms with Crippen LogP contribution < -0.4 is 10.1 Å². The molecule has 0 fully saturated rings. The molecule has 1 aromatic carbocycles. The fourth-order valence-corrected chi connectivity index (χ4v) is 3.47. The topological polar surface area (TPSA) is 55.6 Å². The molecule has 0 saturated carbocycles. The molecule has 3 aromatic rings. The van der Waals surface area contributed by atoms with Crippen LogP contribution in [0.1, 0.15) is 35.6 Å². The van der Waals surface area contributed by atoms with E-state index < -0.39 is 0 Å². The van der Waals surface area contributed by atoms with Gasteiger partial charge in [-0.25, -0.2) is 4.98 Å². The van der Waals surface area contributed by atoms with Gasteiger partial charge in [-0.05, 0) is 44.5 Å². The number of thiazole rings is 1. The number of aryl methyl sites for hydroxylation is 1. The van der Waals surface area contributed by atoms with E-state index in [4.69, 9.17) is 4.74 Å². The van der Waals surface area contributed by atoms with Crippen molar-refractivity contribution in [2.75, 3.05) is 7.11 Å². The van der Waals surface area contributed by atoms with Gasteiger partial charge in [-0.2, -0.15) is 0 Å². The molecule has 3 rings (SSSR count). The predicted molar refractivity (Wildman–Crippen MR) is 97.0 cm³/mol. The summed E-state index contributed by atoms with van der Waals surface area (Å²) in [6.45, 7) is 6.02. The molecule has 1 N–H and O–H groups in total. The first-order valence-corrected chi connectivity index (χ1v) is 8.79. The van der Waals surface area contributed by atoms with Crippen LogP contribution in [0, 0.1) is 6.92 Å². The summed E-state index contributed by atoms with van der Waals surface area (Å²) in [5.74, 6) is 0.795. The standard InChI is InChI=1S/C18H21N3O2S/c1-5-11(2)19-17(22)16-12(3)21-10-15(20-18(21)24-16)13-6-8-14(23-4)9-7-13/h6-11H,5H2,1-4H3,(H,19,22)/t11-/m1/s1. The van der Waals surface area contributed by atoms with Crippen LogP contribution in [-0.2, 0) is 0 Å². The molecule has 0 aliphatic rings. The number of carbonyl (C=O) groups excluding carboxylic acids is 1. The van der Waals surface area contributed by atoms with Gasteiger partial charge >= 0.3 is 0 Å².